The first-order valence-corrected chi connectivity index (χ1v) is 9.73. The fraction of sp³-hybridized carbons (Fsp3) is 0.273. The van der Waals surface area contributed by atoms with Gasteiger partial charge in [-0.2, -0.15) is 13.2 Å². The molecule has 4 rings (SSSR count). The molecule has 162 valence electrons. The van der Waals surface area contributed by atoms with E-state index in [1.165, 1.54) is 15.3 Å². The van der Waals surface area contributed by atoms with Crippen LogP contribution in [0.25, 0.3) is 11.1 Å². The van der Waals surface area contributed by atoms with Crippen molar-refractivity contribution in [1.82, 2.24) is 14.0 Å². The van der Waals surface area contributed by atoms with Crippen molar-refractivity contribution in [3.05, 3.63) is 75.8 Å². The molecule has 31 heavy (non-hydrogen) atoms. The fourth-order valence-corrected chi connectivity index (χ4v) is 3.83. The highest BCUT2D eigenvalue weighted by atomic mass is 19.4. The van der Waals surface area contributed by atoms with Crippen LogP contribution in [0.2, 0.25) is 0 Å². The summed E-state index contributed by atoms with van der Waals surface area (Å²) in [6, 6.07) is 12.4. The second-order valence-electron chi connectivity index (χ2n) is 7.49. The molecule has 0 atom stereocenters. The summed E-state index contributed by atoms with van der Waals surface area (Å²) in [5, 5.41) is 9.81. The van der Waals surface area contributed by atoms with Gasteiger partial charge in [0.2, 0.25) is 5.88 Å². The Hall–Kier alpha value is -3.49. The van der Waals surface area contributed by atoms with Gasteiger partial charge in [-0.05, 0) is 41.3 Å². The van der Waals surface area contributed by atoms with Gasteiger partial charge in [-0.3, -0.25) is 13.9 Å². The van der Waals surface area contributed by atoms with E-state index in [2.05, 4.69) is 0 Å². The summed E-state index contributed by atoms with van der Waals surface area (Å²) in [6.07, 6.45) is -3.04. The molecule has 0 spiro atoms. The Morgan fingerprint density at radius 1 is 1.03 bits per heavy atom. The lowest BCUT2D eigenvalue weighted by atomic mass is 9.99. The molecule has 2 heterocycles. The van der Waals surface area contributed by atoms with Crippen LogP contribution in [-0.4, -0.2) is 37.8 Å². The first kappa shape index (κ1) is 20.8. The number of benzene rings is 2. The molecule has 6 nitrogen and oxygen atoms in total. The summed E-state index contributed by atoms with van der Waals surface area (Å²) >= 11 is 0. The van der Waals surface area contributed by atoms with Crippen molar-refractivity contribution in [2.24, 2.45) is 0 Å². The highest BCUT2D eigenvalue weighted by Crippen LogP contribution is 2.30. The zero-order valence-electron chi connectivity index (χ0n) is 16.7. The van der Waals surface area contributed by atoms with E-state index >= 15 is 0 Å². The number of carbonyl (C=O) groups is 1. The number of hydrogen-bond donors (Lipinski definition) is 1. The Bertz CT molecular complexity index is 1190. The first-order chi connectivity index (χ1) is 14.7. The second-order valence-corrected chi connectivity index (χ2v) is 7.49. The SMILES string of the molecule is CCn1c(O)cn(Cc2ccc(-c3ccc4c(c3)CN(CC(F)(F)F)C4=O)cc2)c1=O. The fourth-order valence-electron chi connectivity index (χ4n) is 3.83. The average molecular weight is 431 g/mol. The van der Waals surface area contributed by atoms with Crippen molar-refractivity contribution in [1.29, 1.82) is 0 Å². The lowest BCUT2D eigenvalue weighted by Crippen LogP contribution is -2.34. The standard InChI is InChI=1S/C22H20F3N3O3/c1-2-28-19(29)12-26(21(28)31)10-14-3-5-15(6-4-14)16-7-8-18-17(9-16)11-27(20(18)30)13-22(23,24)25/h3-9,12,29H,2,10-11,13H2,1H3. The molecule has 2 aromatic carbocycles. The molecule has 0 saturated carbocycles. The van der Waals surface area contributed by atoms with E-state index in [0.717, 1.165) is 21.6 Å². The third-order valence-corrected chi connectivity index (χ3v) is 5.34. The van der Waals surface area contributed by atoms with Crippen molar-refractivity contribution in [2.45, 2.75) is 32.7 Å². The molecule has 0 unspecified atom stereocenters. The third kappa shape index (κ3) is 4.08. The van der Waals surface area contributed by atoms with Crippen LogP contribution in [0.3, 0.4) is 0 Å². The predicted molar refractivity (Wildman–Crippen MR) is 108 cm³/mol. The summed E-state index contributed by atoms with van der Waals surface area (Å²) in [5.41, 5.74) is 3.05. The van der Waals surface area contributed by atoms with Crippen molar-refractivity contribution in [3.8, 4) is 17.0 Å². The van der Waals surface area contributed by atoms with Crippen molar-refractivity contribution < 1.29 is 23.1 Å². The van der Waals surface area contributed by atoms with Gasteiger partial charge in [-0.25, -0.2) is 4.79 Å². The molecule has 0 bridgehead atoms. The van der Waals surface area contributed by atoms with E-state index in [0.29, 0.717) is 24.2 Å². The molecule has 0 aliphatic carbocycles. The molecular weight excluding hydrogens is 411 g/mol. The number of fused-ring (bicyclic) bond motifs is 1. The Morgan fingerprint density at radius 3 is 2.32 bits per heavy atom. The van der Waals surface area contributed by atoms with E-state index in [4.69, 9.17) is 0 Å². The smallest absolute Gasteiger partial charge is 0.406 e. The molecule has 0 saturated heterocycles. The second kappa shape index (κ2) is 7.64. The summed E-state index contributed by atoms with van der Waals surface area (Å²) in [5.74, 6) is -0.696. The minimum absolute atomic E-state index is 0.0690. The van der Waals surface area contributed by atoms with E-state index in [1.807, 2.05) is 24.3 Å². The summed E-state index contributed by atoms with van der Waals surface area (Å²) in [6.45, 7) is 1.11. The summed E-state index contributed by atoms with van der Waals surface area (Å²) in [7, 11) is 0. The van der Waals surface area contributed by atoms with Crippen LogP contribution < -0.4 is 5.69 Å². The number of hydrogen-bond acceptors (Lipinski definition) is 3. The number of rotatable bonds is 5. The van der Waals surface area contributed by atoms with Gasteiger partial charge in [0, 0.05) is 18.7 Å². The molecular formula is C22H20F3N3O3. The topological polar surface area (TPSA) is 67.5 Å². The summed E-state index contributed by atoms with van der Waals surface area (Å²) < 4.78 is 40.7. The Balaban J connectivity index is 1.53. The van der Waals surface area contributed by atoms with Crippen molar-refractivity contribution in [2.75, 3.05) is 6.54 Å². The van der Waals surface area contributed by atoms with Crippen LogP contribution >= 0.6 is 0 Å². The number of aromatic hydroxyl groups is 1. The number of carbonyl (C=O) groups excluding carboxylic acids is 1. The molecule has 0 radical (unpaired) electrons. The monoisotopic (exact) mass is 431 g/mol. The Kier molecular flexibility index (Phi) is 5.12. The Labute approximate surface area is 175 Å². The van der Waals surface area contributed by atoms with Crippen molar-refractivity contribution >= 4 is 5.91 Å². The van der Waals surface area contributed by atoms with Gasteiger partial charge in [0.1, 0.15) is 6.54 Å². The quantitative estimate of drug-likeness (QED) is 0.671. The van der Waals surface area contributed by atoms with E-state index in [9.17, 15) is 27.9 Å². The van der Waals surface area contributed by atoms with Gasteiger partial charge in [0.05, 0.1) is 12.7 Å². The van der Waals surface area contributed by atoms with Crippen LogP contribution in [0, 0.1) is 0 Å². The summed E-state index contributed by atoms with van der Waals surface area (Å²) in [4.78, 5) is 25.2. The van der Waals surface area contributed by atoms with Crippen molar-refractivity contribution in [3.63, 3.8) is 0 Å². The zero-order valence-corrected chi connectivity index (χ0v) is 16.7. The maximum absolute atomic E-state index is 12.7. The molecule has 3 aromatic rings. The number of halogens is 3. The number of amides is 1. The normalized spacial score (nSPS) is 13.7. The van der Waals surface area contributed by atoms with Gasteiger partial charge in [0.25, 0.3) is 5.91 Å². The minimum atomic E-state index is -4.44. The molecule has 1 N–H and O–H groups in total. The van der Waals surface area contributed by atoms with Gasteiger partial charge < -0.3 is 10.0 Å². The van der Waals surface area contributed by atoms with Gasteiger partial charge in [0.15, 0.2) is 0 Å². The predicted octanol–water partition coefficient (Wildman–Crippen LogP) is 3.61. The van der Waals surface area contributed by atoms with Crippen LogP contribution in [0.5, 0.6) is 5.88 Å². The first-order valence-electron chi connectivity index (χ1n) is 9.73. The molecule has 1 amide bonds. The van der Waals surface area contributed by atoms with E-state index in [1.54, 1.807) is 25.1 Å². The number of aromatic nitrogens is 2. The van der Waals surface area contributed by atoms with Crippen LogP contribution in [0.15, 0.2) is 53.5 Å². The zero-order chi connectivity index (χ0) is 22.3. The lowest BCUT2D eigenvalue weighted by Gasteiger charge is -2.17. The lowest BCUT2D eigenvalue weighted by molar-refractivity contribution is -0.140. The maximum atomic E-state index is 12.7. The van der Waals surface area contributed by atoms with Crippen LogP contribution in [-0.2, 0) is 19.6 Å². The maximum Gasteiger partial charge on any atom is 0.406 e. The minimum Gasteiger partial charge on any atom is -0.493 e. The number of nitrogens with zero attached hydrogens (tertiary/aromatic N) is 3. The highest BCUT2D eigenvalue weighted by Gasteiger charge is 2.37. The van der Waals surface area contributed by atoms with Crippen LogP contribution in [0.4, 0.5) is 13.2 Å². The molecule has 1 aromatic heterocycles. The average Bonchev–Trinajstić information content (AvgIpc) is 3.16. The van der Waals surface area contributed by atoms with Gasteiger partial charge >= 0.3 is 11.9 Å². The molecule has 1 aliphatic heterocycles. The van der Waals surface area contributed by atoms with Crippen LogP contribution in [0.1, 0.15) is 28.4 Å². The van der Waals surface area contributed by atoms with E-state index < -0.39 is 18.6 Å². The van der Waals surface area contributed by atoms with Gasteiger partial charge in [-0.15, -0.1) is 0 Å². The number of alkyl halides is 3. The third-order valence-electron chi connectivity index (χ3n) is 5.34. The molecule has 9 heteroatoms. The van der Waals surface area contributed by atoms with E-state index in [-0.39, 0.29) is 18.1 Å². The molecule has 1 aliphatic rings. The van der Waals surface area contributed by atoms with Gasteiger partial charge in [-0.1, -0.05) is 30.3 Å². The Morgan fingerprint density at radius 2 is 1.71 bits per heavy atom. The number of imidazole rings is 1. The highest BCUT2D eigenvalue weighted by molar-refractivity contribution is 5.99. The largest absolute Gasteiger partial charge is 0.493 e. The molecule has 0 fully saturated rings.